The Morgan fingerprint density at radius 3 is 1.97 bits per heavy atom. The lowest BCUT2D eigenvalue weighted by atomic mass is 9.98. The molecule has 0 aliphatic carbocycles. The van der Waals surface area contributed by atoms with Crippen LogP contribution in [-0.4, -0.2) is 46.6 Å². The minimum atomic E-state index is -0.876. The standard InChI is InChI=1S/C29H28N4O2/c1-21-27(24-17-10-5-11-18-24)33(29(35)32(21)2)28(34)25(19-12-20-30)31-26(22-13-6-3-7-14-22)23-15-8-4-9-16-23/h3-11,13-18,21,25,27H,12,19H2,1-2H3/t21-,25-,27-/m0/s1. The van der Waals surface area contributed by atoms with Gasteiger partial charge in [0, 0.05) is 24.6 Å². The Hall–Kier alpha value is -4.24. The molecule has 0 spiro atoms. The summed E-state index contributed by atoms with van der Waals surface area (Å²) in [4.78, 5) is 35.1. The maximum Gasteiger partial charge on any atom is 0.327 e. The zero-order valence-electron chi connectivity index (χ0n) is 19.9. The number of nitriles is 1. The van der Waals surface area contributed by atoms with Gasteiger partial charge in [0.2, 0.25) is 0 Å². The molecule has 3 aromatic carbocycles. The van der Waals surface area contributed by atoms with Crippen LogP contribution in [0.15, 0.2) is 96.0 Å². The molecule has 0 bridgehead atoms. The highest BCUT2D eigenvalue weighted by atomic mass is 16.2. The highest BCUT2D eigenvalue weighted by molar-refractivity contribution is 6.14. The van der Waals surface area contributed by atoms with Crippen molar-refractivity contribution in [3.8, 4) is 6.07 Å². The van der Waals surface area contributed by atoms with Gasteiger partial charge in [-0.15, -0.1) is 0 Å². The van der Waals surface area contributed by atoms with E-state index in [0.717, 1.165) is 16.7 Å². The van der Waals surface area contributed by atoms with Crippen molar-refractivity contribution in [1.82, 2.24) is 9.80 Å². The Morgan fingerprint density at radius 2 is 1.46 bits per heavy atom. The Morgan fingerprint density at radius 1 is 0.943 bits per heavy atom. The predicted octanol–water partition coefficient (Wildman–Crippen LogP) is 5.22. The van der Waals surface area contributed by atoms with Crippen LogP contribution in [0.2, 0.25) is 0 Å². The van der Waals surface area contributed by atoms with Gasteiger partial charge in [0.15, 0.2) is 0 Å². The topological polar surface area (TPSA) is 76.8 Å². The Kier molecular flexibility index (Phi) is 7.37. The largest absolute Gasteiger partial charge is 0.327 e. The number of rotatable bonds is 7. The van der Waals surface area contributed by atoms with Gasteiger partial charge in [-0.25, -0.2) is 4.79 Å². The van der Waals surface area contributed by atoms with E-state index in [1.165, 1.54) is 4.90 Å². The summed E-state index contributed by atoms with van der Waals surface area (Å²) in [6.07, 6.45) is 0.377. The van der Waals surface area contributed by atoms with E-state index in [1.54, 1.807) is 11.9 Å². The molecule has 0 radical (unpaired) electrons. The molecule has 6 nitrogen and oxygen atoms in total. The van der Waals surface area contributed by atoms with Gasteiger partial charge in [0.05, 0.1) is 23.9 Å². The Labute approximate surface area is 206 Å². The number of carbonyl (C=O) groups excluding carboxylic acids is 2. The molecule has 35 heavy (non-hydrogen) atoms. The fourth-order valence-electron chi connectivity index (χ4n) is 4.47. The molecule has 1 fully saturated rings. The zero-order chi connectivity index (χ0) is 24.8. The summed E-state index contributed by atoms with van der Waals surface area (Å²) in [6.45, 7) is 1.94. The second kappa shape index (κ2) is 10.8. The molecule has 1 heterocycles. The summed E-state index contributed by atoms with van der Waals surface area (Å²) in [6, 6.07) is 29.2. The first-order chi connectivity index (χ1) is 17.0. The van der Waals surface area contributed by atoms with Gasteiger partial charge in [-0.1, -0.05) is 91.0 Å². The third-order valence-electron chi connectivity index (χ3n) is 6.43. The van der Waals surface area contributed by atoms with Crippen LogP contribution in [0.25, 0.3) is 0 Å². The van der Waals surface area contributed by atoms with Crippen LogP contribution >= 0.6 is 0 Å². The Bertz CT molecular complexity index is 1190. The van der Waals surface area contributed by atoms with Crippen LogP contribution < -0.4 is 0 Å². The van der Waals surface area contributed by atoms with E-state index in [2.05, 4.69) is 6.07 Å². The van der Waals surface area contributed by atoms with Crippen molar-refractivity contribution in [2.45, 2.75) is 37.9 Å². The SMILES string of the molecule is C[C@H]1[C@@H](c2ccccc2)N(C(=O)[C@H](CCC#N)N=C(c2ccccc2)c2ccccc2)C(=O)N1C. The van der Waals surface area contributed by atoms with Crippen LogP contribution in [0.5, 0.6) is 0 Å². The molecular formula is C29H28N4O2. The lowest BCUT2D eigenvalue weighted by Crippen LogP contribution is -2.42. The quantitative estimate of drug-likeness (QED) is 0.450. The maximum absolute atomic E-state index is 14.0. The fraction of sp³-hybridized carbons (Fsp3) is 0.241. The number of aliphatic imine (C=N–C) groups is 1. The number of amides is 3. The molecule has 0 saturated carbocycles. The highest BCUT2D eigenvalue weighted by Gasteiger charge is 2.47. The molecule has 0 unspecified atom stereocenters. The lowest BCUT2D eigenvalue weighted by Gasteiger charge is -2.26. The zero-order valence-corrected chi connectivity index (χ0v) is 19.9. The molecule has 1 saturated heterocycles. The second-order valence-corrected chi connectivity index (χ2v) is 8.62. The first kappa shape index (κ1) is 23.9. The normalized spacial score (nSPS) is 18.1. The molecule has 0 N–H and O–H groups in total. The van der Waals surface area contributed by atoms with Gasteiger partial charge in [0.25, 0.3) is 5.91 Å². The van der Waals surface area contributed by atoms with Crippen molar-refractivity contribution in [2.24, 2.45) is 4.99 Å². The monoisotopic (exact) mass is 464 g/mol. The second-order valence-electron chi connectivity index (χ2n) is 8.62. The molecule has 0 aromatic heterocycles. The number of imide groups is 1. The fourth-order valence-corrected chi connectivity index (χ4v) is 4.47. The smallest absolute Gasteiger partial charge is 0.322 e. The molecule has 3 atom stereocenters. The first-order valence-corrected chi connectivity index (χ1v) is 11.7. The van der Waals surface area contributed by atoms with Gasteiger partial charge in [-0.3, -0.25) is 14.7 Å². The molecule has 3 aromatic rings. The number of benzene rings is 3. The minimum absolute atomic E-state index is 0.153. The van der Waals surface area contributed by atoms with Gasteiger partial charge in [0.1, 0.15) is 6.04 Å². The first-order valence-electron chi connectivity index (χ1n) is 11.7. The van der Waals surface area contributed by atoms with Crippen molar-refractivity contribution in [2.75, 3.05) is 7.05 Å². The minimum Gasteiger partial charge on any atom is -0.322 e. The number of nitrogens with zero attached hydrogens (tertiary/aromatic N) is 4. The Balaban J connectivity index is 1.79. The van der Waals surface area contributed by atoms with Crippen molar-refractivity contribution >= 4 is 17.6 Å². The average Bonchev–Trinajstić information content (AvgIpc) is 3.13. The van der Waals surface area contributed by atoms with Gasteiger partial charge < -0.3 is 4.90 Å². The average molecular weight is 465 g/mol. The third-order valence-corrected chi connectivity index (χ3v) is 6.43. The summed E-state index contributed by atoms with van der Waals surface area (Å²) in [5, 5.41) is 9.30. The number of likely N-dealkylation sites (N-methyl/N-ethyl adjacent to an activating group) is 1. The van der Waals surface area contributed by atoms with Gasteiger partial charge in [-0.05, 0) is 18.9 Å². The number of hydrogen-bond acceptors (Lipinski definition) is 4. The van der Waals surface area contributed by atoms with Crippen LogP contribution in [0.1, 0.15) is 42.5 Å². The van der Waals surface area contributed by atoms with Crippen molar-refractivity contribution < 1.29 is 9.59 Å². The molecular weight excluding hydrogens is 436 g/mol. The van der Waals surface area contributed by atoms with E-state index in [0.29, 0.717) is 5.71 Å². The molecule has 176 valence electrons. The summed E-state index contributed by atoms with van der Waals surface area (Å²) in [7, 11) is 1.71. The maximum atomic E-state index is 14.0. The van der Waals surface area contributed by atoms with E-state index in [-0.39, 0.29) is 30.8 Å². The van der Waals surface area contributed by atoms with Crippen LogP contribution in [0.4, 0.5) is 4.79 Å². The highest BCUT2D eigenvalue weighted by Crippen LogP contribution is 2.35. The van der Waals surface area contributed by atoms with Crippen LogP contribution in [0, 0.1) is 11.3 Å². The van der Waals surface area contributed by atoms with Crippen LogP contribution in [0.3, 0.4) is 0 Å². The van der Waals surface area contributed by atoms with Gasteiger partial charge in [-0.2, -0.15) is 5.26 Å². The number of urea groups is 1. The van der Waals surface area contributed by atoms with Crippen molar-refractivity contribution in [3.63, 3.8) is 0 Å². The third kappa shape index (κ3) is 4.99. The van der Waals surface area contributed by atoms with Crippen molar-refractivity contribution in [1.29, 1.82) is 5.26 Å². The lowest BCUT2D eigenvalue weighted by molar-refractivity contribution is -0.130. The molecule has 1 aliphatic heterocycles. The summed E-state index contributed by atoms with van der Waals surface area (Å²) < 4.78 is 0. The van der Waals surface area contributed by atoms with Gasteiger partial charge >= 0.3 is 6.03 Å². The van der Waals surface area contributed by atoms with Crippen LogP contribution in [-0.2, 0) is 4.79 Å². The number of hydrogen-bond donors (Lipinski definition) is 0. The van der Waals surface area contributed by atoms with E-state index in [1.807, 2.05) is 97.9 Å². The molecule has 4 rings (SSSR count). The van der Waals surface area contributed by atoms with Crippen molar-refractivity contribution in [3.05, 3.63) is 108 Å². The summed E-state index contributed by atoms with van der Waals surface area (Å²) in [5.41, 5.74) is 3.28. The molecule has 3 amide bonds. The van der Waals surface area contributed by atoms with E-state index in [9.17, 15) is 14.9 Å². The van der Waals surface area contributed by atoms with E-state index < -0.39 is 12.1 Å². The molecule has 1 aliphatic rings. The predicted molar refractivity (Wildman–Crippen MR) is 136 cm³/mol. The van der Waals surface area contributed by atoms with E-state index in [4.69, 9.17) is 4.99 Å². The summed E-state index contributed by atoms with van der Waals surface area (Å²) in [5.74, 6) is -0.389. The molecule has 6 heteroatoms. The summed E-state index contributed by atoms with van der Waals surface area (Å²) >= 11 is 0. The number of carbonyl (C=O) groups is 2. The van der Waals surface area contributed by atoms with E-state index >= 15 is 0 Å².